The number of nitrogens with zero attached hydrogens (tertiary/aromatic N) is 1. The van der Waals surface area contributed by atoms with Gasteiger partial charge in [-0.05, 0) is 37.3 Å². The largest absolute Gasteiger partial charge is 0.480 e. The molecule has 0 fully saturated rings. The molecular weight excluding hydrogens is 504 g/mol. The van der Waals surface area contributed by atoms with E-state index in [2.05, 4.69) is 25.9 Å². The molecule has 2 aromatic rings. The molecule has 214 valence electrons. The van der Waals surface area contributed by atoms with E-state index in [0.29, 0.717) is 25.8 Å². The van der Waals surface area contributed by atoms with Gasteiger partial charge in [0.05, 0.1) is 6.04 Å². The number of hydrogen-bond acceptors (Lipinski definition) is 6. The van der Waals surface area contributed by atoms with Crippen molar-refractivity contribution in [2.24, 2.45) is 28.1 Å². The number of nitrogens with two attached hydrogens (primary N) is 3. The smallest absolute Gasteiger partial charge is 0.326 e. The maximum atomic E-state index is 13.3. The number of rotatable bonds is 15. The molecule has 1 aromatic heterocycles. The first kappa shape index (κ1) is 31.1. The number of carboxylic acids is 1. The number of benzene rings is 1. The molecule has 13 nitrogen and oxygen atoms in total. The van der Waals surface area contributed by atoms with Crippen LogP contribution >= 0.6 is 0 Å². The average Bonchev–Trinajstić information content (AvgIpc) is 3.30. The lowest BCUT2D eigenvalue weighted by Gasteiger charge is -2.25. The van der Waals surface area contributed by atoms with Crippen LogP contribution in [0.1, 0.15) is 45.6 Å². The minimum Gasteiger partial charge on any atom is -0.480 e. The summed E-state index contributed by atoms with van der Waals surface area (Å²) in [6, 6.07) is 3.37. The third kappa shape index (κ3) is 9.28. The van der Waals surface area contributed by atoms with Gasteiger partial charge in [-0.25, -0.2) is 4.79 Å². The van der Waals surface area contributed by atoms with Crippen LogP contribution in [0.4, 0.5) is 0 Å². The fraction of sp³-hybridized carbons (Fsp3) is 0.500. The zero-order valence-electron chi connectivity index (χ0n) is 22.6. The minimum atomic E-state index is -1.16. The SMILES string of the molecule is CCC(C)C(NC(=O)C(Cc1c[nH]c2ccccc12)NC(=O)C(C)NC(=O)C(N)CCCN=C(N)N)C(=O)O. The number of hydrogen-bond donors (Lipinski definition) is 8. The van der Waals surface area contributed by atoms with Gasteiger partial charge in [0, 0.05) is 30.1 Å². The Kier molecular flexibility index (Phi) is 11.7. The lowest BCUT2D eigenvalue weighted by molar-refractivity contribution is -0.143. The Labute approximate surface area is 227 Å². The predicted molar refractivity (Wildman–Crippen MR) is 148 cm³/mol. The molecule has 2 rings (SSSR count). The van der Waals surface area contributed by atoms with Crippen molar-refractivity contribution in [3.05, 3.63) is 36.0 Å². The van der Waals surface area contributed by atoms with Crippen molar-refractivity contribution < 1.29 is 24.3 Å². The number of guanidine groups is 1. The van der Waals surface area contributed by atoms with Crippen LogP contribution in [0.5, 0.6) is 0 Å². The molecule has 1 aromatic carbocycles. The Morgan fingerprint density at radius 3 is 2.36 bits per heavy atom. The van der Waals surface area contributed by atoms with Crippen LogP contribution in [0.25, 0.3) is 10.9 Å². The van der Waals surface area contributed by atoms with Gasteiger partial charge in [0.1, 0.15) is 18.1 Å². The number of amides is 3. The highest BCUT2D eigenvalue weighted by Crippen LogP contribution is 2.19. The number of aromatic nitrogens is 1. The first-order valence-electron chi connectivity index (χ1n) is 12.9. The monoisotopic (exact) mass is 544 g/mol. The van der Waals surface area contributed by atoms with Gasteiger partial charge in [-0.15, -0.1) is 0 Å². The van der Waals surface area contributed by atoms with Crippen LogP contribution in [-0.4, -0.2) is 70.5 Å². The van der Waals surface area contributed by atoms with E-state index in [-0.39, 0.29) is 18.3 Å². The van der Waals surface area contributed by atoms with Crippen LogP contribution in [0.15, 0.2) is 35.5 Å². The summed E-state index contributed by atoms with van der Waals surface area (Å²) in [6.45, 7) is 5.34. The van der Waals surface area contributed by atoms with E-state index in [1.807, 2.05) is 31.2 Å². The molecule has 0 bridgehead atoms. The molecule has 39 heavy (non-hydrogen) atoms. The molecule has 11 N–H and O–H groups in total. The number of H-pyrrole nitrogens is 1. The second kappa shape index (κ2) is 14.7. The van der Waals surface area contributed by atoms with Crippen LogP contribution in [0.2, 0.25) is 0 Å². The number of aliphatic imine (C=N–C) groups is 1. The van der Waals surface area contributed by atoms with E-state index in [1.54, 1.807) is 13.1 Å². The van der Waals surface area contributed by atoms with E-state index < -0.39 is 47.9 Å². The van der Waals surface area contributed by atoms with Crippen molar-refractivity contribution in [2.45, 2.75) is 70.6 Å². The van der Waals surface area contributed by atoms with Crippen molar-refractivity contribution in [3.63, 3.8) is 0 Å². The summed E-state index contributed by atoms with van der Waals surface area (Å²) in [4.78, 5) is 57.6. The third-order valence-electron chi connectivity index (χ3n) is 6.57. The molecule has 5 unspecified atom stereocenters. The highest BCUT2D eigenvalue weighted by molar-refractivity contribution is 5.94. The van der Waals surface area contributed by atoms with E-state index in [0.717, 1.165) is 16.5 Å². The molecule has 3 amide bonds. The molecule has 0 radical (unpaired) electrons. The molecule has 0 aliphatic heterocycles. The number of aromatic amines is 1. The van der Waals surface area contributed by atoms with E-state index in [4.69, 9.17) is 17.2 Å². The van der Waals surface area contributed by atoms with E-state index >= 15 is 0 Å². The Balaban J connectivity index is 2.14. The molecule has 5 atom stereocenters. The molecular formula is C26H40N8O5. The molecule has 1 heterocycles. The fourth-order valence-electron chi connectivity index (χ4n) is 4.00. The summed E-state index contributed by atoms with van der Waals surface area (Å²) in [7, 11) is 0. The fourth-order valence-corrected chi connectivity index (χ4v) is 4.00. The summed E-state index contributed by atoms with van der Waals surface area (Å²) in [5, 5.41) is 18.3. The van der Waals surface area contributed by atoms with Crippen molar-refractivity contribution in [1.29, 1.82) is 0 Å². The molecule has 0 saturated heterocycles. The number of nitrogens with one attached hydrogen (secondary N) is 4. The Bertz CT molecular complexity index is 1180. The maximum absolute atomic E-state index is 13.3. The standard InChI is InChI=1S/C26H40N8O5/c1-4-14(2)21(25(38)39)34-24(37)20(12-16-13-31-19-10-6-5-8-17(16)19)33-22(35)15(3)32-23(36)18(27)9-7-11-30-26(28)29/h5-6,8,10,13-15,18,20-21,31H,4,7,9,11-12,27H2,1-3H3,(H,32,36)(H,33,35)(H,34,37)(H,38,39)(H4,28,29,30). The van der Waals surface area contributed by atoms with Gasteiger partial charge in [0.2, 0.25) is 17.7 Å². The van der Waals surface area contributed by atoms with Gasteiger partial charge in [-0.2, -0.15) is 0 Å². The Morgan fingerprint density at radius 2 is 1.72 bits per heavy atom. The van der Waals surface area contributed by atoms with Crippen molar-refractivity contribution in [3.8, 4) is 0 Å². The average molecular weight is 545 g/mol. The molecule has 13 heteroatoms. The first-order chi connectivity index (χ1) is 18.4. The zero-order valence-corrected chi connectivity index (χ0v) is 22.6. The summed E-state index contributed by atoms with van der Waals surface area (Å²) >= 11 is 0. The van der Waals surface area contributed by atoms with Gasteiger partial charge in [0.15, 0.2) is 5.96 Å². The topological polar surface area (TPSA) is 231 Å². The molecule has 0 saturated carbocycles. The van der Waals surface area contributed by atoms with Gasteiger partial charge in [-0.3, -0.25) is 19.4 Å². The molecule has 0 aliphatic carbocycles. The lowest BCUT2D eigenvalue weighted by Crippen LogP contribution is -2.57. The summed E-state index contributed by atoms with van der Waals surface area (Å²) < 4.78 is 0. The van der Waals surface area contributed by atoms with E-state index in [1.165, 1.54) is 6.92 Å². The minimum absolute atomic E-state index is 0.0524. The first-order valence-corrected chi connectivity index (χ1v) is 12.9. The number of carboxylic acid groups (broad SMARTS) is 1. The third-order valence-corrected chi connectivity index (χ3v) is 6.57. The van der Waals surface area contributed by atoms with Crippen molar-refractivity contribution in [1.82, 2.24) is 20.9 Å². The number of para-hydroxylation sites is 1. The highest BCUT2D eigenvalue weighted by Gasteiger charge is 2.31. The van der Waals surface area contributed by atoms with Crippen molar-refractivity contribution in [2.75, 3.05) is 6.54 Å². The normalized spacial score (nSPS) is 14.9. The molecule has 0 aliphatic rings. The Morgan fingerprint density at radius 1 is 1.03 bits per heavy atom. The second-order valence-electron chi connectivity index (χ2n) is 9.62. The number of carbonyl (C=O) groups excluding carboxylic acids is 3. The quantitative estimate of drug-likeness (QED) is 0.0840. The number of aliphatic carboxylic acids is 1. The summed E-state index contributed by atoms with van der Waals surface area (Å²) in [5.74, 6) is -3.35. The van der Waals surface area contributed by atoms with E-state index in [9.17, 15) is 24.3 Å². The zero-order chi connectivity index (χ0) is 29.1. The lowest BCUT2D eigenvalue weighted by atomic mass is 9.98. The predicted octanol–water partition coefficient (Wildman–Crippen LogP) is -0.304. The Hall–Kier alpha value is -4.13. The van der Waals surface area contributed by atoms with Crippen LogP contribution in [0.3, 0.4) is 0 Å². The maximum Gasteiger partial charge on any atom is 0.326 e. The summed E-state index contributed by atoms with van der Waals surface area (Å²) in [6.07, 6.45) is 3.15. The summed E-state index contributed by atoms with van der Waals surface area (Å²) in [5.41, 5.74) is 18.1. The van der Waals surface area contributed by atoms with Gasteiger partial charge in [0.25, 0.3) is 0 Å². The number of fused-ring (bicyclic) bond motifs is 1. The van der Waals surface area contributed by atoms with Crippen LogP contribution in [0, 0.1) is 5.92 Å². The number of carbonyl (C=O) groups is 4. The van der Waals surface area contributed by atoms with Gasteiger partial charge >= 0.3 is 5.97 Å². The highest BCUT2D eigenvalue weighted by atomic mass is 16.4. The van der Waals surface area contributed by atoms with Crippen LogP contribution in [-0.2, 0) is 25.6 Å². The molecule has 0 spiro atoms. The van der Waals surface area contributed by atoms with Gasteiger partial charge in [-0.1, -0.05) is 38.5 Å². The van der Waals surface area contributed by atoms with Crippen molar-refractivity contribution >= 4 is 40.6 Å². The van der Waals surface area contributed by atoms with Gasteiger partial charge < -0.3 is 43.2 Å². The van der Waals surface area contributed by atoms with Crippen LogP contribution < -0.4 is 33.2 Å². The second-order valence-corrected chi connectivity index (χ2v) is 9.62.